The van der Waals surface area contributed by atoms with Crippen LogP contribution in [0, 0.1) is 0 Å². The van der Waals surface area contributed by atoms with Crippen molar-refractivity contribution in [3.8, 4) is 0 Å². The van der Waals surface area contributed by atoms with E-state index in [0.29, 0.717) is 57.6 Å². The molecular formula is C30H24Cl2N2O3S. The van der Waals surface area contributed by atoms with Gasteiger partial charge in [-0.2, -0.15) is 4.99 Å². The quantitative estimate of drug-likeness (QED) is 0.238. The molecule has 3 aromatic carbocycles. The number of hydrogen-bond donors (Lipinski definition) is 0. The molecule has 192 valence electrons. The van der Waals surface area contributed by atoms with Gasteiger partial charge in [-0.25, -0.2) is 0 Å². The van der Waals surface area contributed by atoms with Crippen LogP contribution in [0.2, 0.25) is 10.0 Å². The van der Waals surface area contributed by atoms with Crippen molar-refractivity contribution in [3.63, 3.8) is 0 Å². The second-order valence-corrected chi connectivity index (χ2v) is 10.6. The Balaban J connectivity index is 1.58. The molecular weight excluding hydrogens is 539 g/mol. The van der Waals surface area contributed by atoms with Gasteiger partial charge in [-0.1, -0.05) is 65.7 Å². The third-order valence-electron chi connectivity index (χ3n) is 6.25. The number of carbonyl (C=O) groups excluding carboxylic acids is 2. The molecule has 5 nitrogen and oxygen atoms in total. The van der Waals surface area contributed by atoms with Crippen LogP contribution in [0.4, 0.5) is 0 Å². The topological polar surface area (TPSA) is 59.0 Å². The minimum absolute atomic E-state index is 0.0483. The van der Waals surface area contributed by atoms with Crippen molar-refractivity contribution in [1.29, 1.82) is 0 Å². The molecule has 0 saturated carbocycles. The molecule has 8 heteroatoms. The van der Waals surface area contributed by atoms with Crippen LogP contribution in [0.15, 0.2) is 94.8 Å². The molecule has 0 bridgehead atoms. The lowest BCUT2D eigenvalue weighted by molar-refractivity contribution is -0.113. The average Bonchev–Trinajstić information content (AvgIpc) is 3.34. The van der Waals surface area contributed by atoms with Crippen molar-refractivity contribution in [2.24, 2.45) is 4.99 Å². The van der Waals surface area contributed by atoms with Gasteiger partial charge in [-0.05, 0) is 70.9 Å². The summed E-state index contributed by atoms with van der Waals surface area (Å²) in [6.45, 7) is 2.57. The van der Waals surface area contributed by atoms with Crippen molar-refractivity contribution in [3.05, 3.63) is 117 Å². The lowest BCUT2D eigenvalue weighted by Crippen LogP contribution is -2.38. The van der Waals surface area contributed by atoms with Crippen LogP contribution < -0.4 is 0 Å². The Morgan fingerprint density at radius 2 is 1.47 bits per heavy atom. The third-order valence-corrected chi connectivity index (χ3v) is 7.88. The standard InChI is InChI=1S/C30H24Cl2N2O3S/c31-24-10-6-21(7-11-24)26(28-29(36)33-30(38-28)34-14-16-37-17-15-34)18-23(20-4-2-1-3-5-20)19-27(35)22-8-12-25(32)13-9-22/h1-13,18H,14-17,19H2/b23-18+,28-26-. The number of morpholine rings is 1. The summed E-state index contributed by atoms with van der Waals surface area (Å²) in [7, 11) is 0. The van der Waals surface area contributed by atoms with Crippen molar-refractivity contribution in [1.82, 2.24) is 4.90 Å². The third kappa shape index (κ3) is 6.27. The van der Waals surface area contributed by atoms with Crippen LogP contribution in [0.1, 0.15) is 27.9 Å². The summed E-state index contributed by atoms with van der Waals surface area (Å²) in [6.07, 6.45) is 2.08. The van der Waals surface area contributed by atoms with E-state index in [-0.39, 0.29) is 18.1 Å². The fourth-order valence-corrected chi connectivity index (χ4v) is 5.53. The zero-order chi connectivity index (χ0) is 26.5. The number of amides is 1. The number of hydrogen-bond acceptors (Lipinski definition) is 5. The fraction of sp³-hybridized carbons (Fsp3) is 0.167. The molecule has 5 rings (SSSR count). The normalized spacial score (nSPS) is 17.4. The number of carbonyl (C=O) groups is 2. The summed E-state index contributed by atoms with van der Waals surface area (Å²) in [4.78, 5) is 33.5. The number of ether oxygens (including phenoxy) is 1. The first-order valence-corrected chi connectivity index (χ1v) is 13.7. The molecule has 0 unspecified atom stereocenters. The molecule has 2 heterocycles. The van der Waals surface area contributed by atoms with Crippen LogP contribution in [0.25, 0.3) is 11.1 Å². The predicted molar refractivity (Wildman–Crippen MR) is 156 cm³/mol. The fourth-order valence-electron chi connectivity index (χ4n) is 4.24. The molecule has 0 N–H and O–H groups in total. The van der Waals surface area contributed by atoms with E-state index < -0.39 is 0 Å². The molecule has 0 aliphatic carbocycles. The summed E-state index contributed by atoms with van der Waals surface area (Å²) in [6, 6.07) is 23.9. The van der Waals surface area contributed by atoms with Gasteiger partial charge in [0.05, 0.1) is 18.1 Å². The largest absolute Gasteiger partial charge is 0.378 e. The Morgan fingerprint density at radius 1 is 0.868 bits per heavy atom. The van der Waals surface area contributed by atoms with Gasteiger partial charge >= 0.3 is 0 Å². The monoisotopic (exact) mass is 562 g/mol. The zero-order valence-electron chi connectivity index (χ0n) is 20.4. The molecule has 1 fully saturated rings. The number of amidine groups is 1. The molecule has 3 aromatic rings. The molecule has 0 atom stereocenters. The molecule has 0 spiro atoms. The zero-order valence-corrected chi connectivity index (χ0v) is 22.7. The van der Waals surface area contributed by atoms with Gasteiger partial charge < -0.3 is 9.64 Å². The Kier molecular flexibility index (Phi) is 8.45. The summed E-state index contributed by atoms with van der Waals surface area (Å²) < 4.78 is 5.46. The van der Waals surface area contributed by atoms with E-state index in [9.17, 15) is 9.59 Å². The first-order valence-electron chi connectivity index (χ1n) is 12.2. The van der Waals surface area contributed by atoms with Gasteiger partial charge in [0.15, 0.2) is 11.0 Å². The number of benzene rings is 3. The Morgan fingerprint density at radius 3 is 2.11 bits per heavy atom. The van der Waals surface area contributed by atoms with Gasteiger partial charge in [0.1, 0.15) is 0 Å². The van der Waals surface area contributed by atoms with Gasteiger partial charge in [-0.15, -0.1) is 0 Å². The SMILES string of the molecule is O=C1N=C(N2CCOCC2)S/C1=C(/C=C(\CC(=O)c1ccc(Cl)cc1)c1ccccc1)c1ccc(Cl)cc1. The summed E-state index contributed by atoms with van der Waals surface area (Å²) in [5.74, 6) is -0.345. The second kappa shape index (κ2) is 12.1. The smallest absolute Gasteiger partial charge is 0.286 e. The molecule has 38 heavy (non-hydrogen) atoms. The number of aliphatic imine (C=N–C) groups is 1. The maximum Gasteiger partial charge on any atom is 0.286 e. The van der Waals surface area contributed by atoms with E-state index in [1.807, 2.05) is 48.5 Å². The Labute approximate surface area is 235 Å². The van der Waals surface area contributed by atoms with Crippen molar-refractivity contribution in [2.45, 2.75) is 6.42 Å². The van der Waals surface area contributed by atoms with E-state index in [0.717, 1.165) is 16.7 Å². The van der Waals surface area contributed by atoms with Crippen molar-refractivity contribution >= 4 is 63.0 Å². The molecule has 1 amide bonds. The predicted octanol–water partition coefficient (Wildman–Crippen LogP) is 7.02. The second-order valence-electron chi connectivity index (χ2n) is 8.79. The number of rotatable bonds is 6. The van der Waals surface area contributed by atoms with Crippen molar-refractivity contribution in [2.75, 3.05) is 26.3 Å². The van der Waals surface area contributed by atoms with E-state index in [1.54, 1.807) is 36.4 Å². The summed E-state index contributed by atoms with van der Waals surface area (Å²) in [5, 5.41) is 1.84. The highest BCUT2D eigenvalue weighted by atomic mass is 35.5. The lowest BCUT2D eigenvalue weighted by Gasteiger charge is -2.27. The number of ketones is 1. The molecule has 0 radical (unpaired) electrons. The van der Waals surface area contributed by atoms with Crippen LogP contribution in [0.3, 0.4) is 0 Å². The number of Topliss-reactive ketones (excluding diaryl/α,β-unsaturated/α-hetero) is 1. The first kappa shape index (κ1) is 26.4. The first-order chi connectivity index (χ1) is 18.5. The van der Waals surface area contributed by atoms with Gasteiger partial charge in [-0.3, -0.25) is 9.59 Å². The maximum atomic E-state index is 13.3. The molecule has 2 aliphatic rings. The summed E-state index contributed by atoms with van der Waals surface area (Å²) >= 11 is 13.6. The van der Waals surface area contributed by atoms with Gasteiger partial charge in [0, 0.05) is 40.7 Å². The number of halogens is 2. The molecule has 2 aliphatic heterocycles. The maximum absolute atomic E-state index is 13.3. The molecule has 1 saturated heterocycles. The van der Waals surface area contributed by atoms with Crippen LogP contribution in [0.5, 0.6) is 0 Å². The van der Waals surface area contributed by atoms with Gasteiger partial charge in [0.2, 0.25) is 0 Å². The minimum Gasteiger partial charge on any atom is -0.378 e. The highest BCUT2D eigenvalue weighted by molar-refractivity contribution is 8.18. The highest BCUT2D eigenvalue weighted by Gasteiger charge is 2.30. The van der Waals surface area contributed by atoms with E-state index in [2.05, 4.69) is 9.89 Å². The molecule has 0 aromatic heterocycles. The average molecular weight is 564 g/mol. The van der Waals surface area contributed by atoms with Crippen LogP contribution in [-0.4, -0.2) is 48.1 Å². The number of nitrogens with zero attached hydrogens (tertiary/aromatic N) is 2. The van der Waals surface area contributed by atoms with Gasteiger partial charge in [0.25, 0.3) is 5.91 Å². The Hall–Kier alpha value is -3.16. The van der Waals surface area contributed by atoms with E-state index in [4.69, 9.17) is 27.9 Å². The van der Waals surface area contributed by atoms with Crippen molar-refractivity contribution < 1.29 is 14.3 Å². The highest BCUT2D eigenvalue weighted by Crippen LogP contribution is 2.38. The van der Waals surface area contributed by atoms with Crippen LogP contribution in [-0.2, 0) is 9.53 Å². The van der Waals surface area contributed by atoms with E-state index in [1.165, 1.54) is 11.8 Å². The van der Waals surface area contributed by atoms with Crippen LogP contribution >= 0.6 is 35.0 Å². The minimum atomic E-state index is -0.297. The number of thioether (sulfide) groups is 1. The van der Waals surface area contributed by atoms with E-state index >= 15 is 0 Å². The lowest BCUT2D eigenvalue weighted by atomic mass is 9.93. The summed E-state index contributed by atoms with van der Waals surface area (Å²) in [5.41, 5.74) is 3.77. The Bertz CT molecular complexity index is 1430. The number of allylic oxidation sites excluding steroid dienone is 3.